The molecule has 0 saturated carbocycles. The quantitative estimate of drug-likeness (QED) is 0.759. The Labute approximate surface area is 191 Å². The summed E-state index contributed by atoms with van der Waals surface area (Å²) >= 11 is 0. The number of para-hydroxylation sites is 1. The van der Waals surface area contributed by atoms with Crippen molar-refractivity contribution >= 4 is 23.2 Å². The smallest absolute Gasteiger partial charge is 0.242 e. The zero-order chi connectivity index (χ0) is 22.5. The van der Waals surface area contributed by atoms with Crippen molar-refractivity contribution < 1.29 is 9.59 Å². The number of carbonyl (C=O) groups is 2. The van der Waals surface area contributed by atoms with E-state index < -0.39 is 0 Å². The molecule has 0 bridgehead atoms. The van der Waals surface area contributed by atoms with Gasteiger partial charge in [0, 0.05) is 44.1 Å². The van der Waals surface area contributed by atoms with Crippen LogP contribution in [0.3, 0.4) is 0 Å². The van der Waals surface area contributed by atoms with Crippen molar-refractivity contribution in [2.75, 3.05) is 56.0 Å². The van der Waals surface area contributed by atoms with Gasteiger partial charge in [-0.1, -0.05) is 42.8 Å². The number of fused-ring (bicyclic) bond motifs is 1. The molecule has 1 fully saturated rings. The van der Waals surface area contributed by atoms with Crippen LogP contribution in [0.5, 0.6) is 0 Å². The lowest BCUT2D eigenvalue weighted by molar-refractivity contribution is -0.131. The number of anilines is 2. The van der Waals surface area contributed by atoms with Crippen molar-refractivity contribution in [3.8, 4) is 0 Å². The van der Waals surface area contributed by atoms with Gasteiger partial charge in [-0.15, -0.1) is 0 Å². The van der Waals surface area contributed by atoms with Gasteiger partial charge in [-0.05, 0) is 49.4 Å². The van der Waals surface area contributed by atoms with E-state index in [-0.39, 0.29) is 11.8 Å². The number of piperazine rings is 1. The van der Waals surface area contributed by atoms with E-state index in [9.17, 15) is 9.59 Å². The van der Waals surface area contributed by atoms with Crippen LogP contribution in [0.4, 0.5) is 11.4 Å². The molecular weight excluding hydrogens is 400 g/mol. The highest BCUT2D eigenvalue weighted by Gasteiger charge is 2.25. The number of nitrogens with zero attached hydrogens (tertiary/aromatic N) is 3. The Hall–Kier alpha value is -2.86. The van der Waals surface area contributed by atoms with Gasteiger partial charge in [-0.3, -0.25) is 14.5 Å². The molecule has 32 heavy (non-hydrogen) atoms. The van der Waals surface area contributed by atoms with E-state index >= 15 is 0 Å². The monoisotopic (exact) mass is 434 g/mol. The summed E-state index contributed by atoms with van der Waals surface area (Å²) in [7, 11) is 0. The molecule has 0 atom stereocenters. The van der Waals surface area contributed by atoms with Crippen LogP contribution in [-0.2, 0) is 22.4 Å². The standard InChI is InChI=1S/C26H34N4O2/c1-3-21-7-4-5-9-23(21)27-25(31)18-28-13-15-29(16-14-28)26(32)19-30-12-6-8-22-17-20(2)10-11-24(22)30/h4-5,7,9-11,17H,3,6,8,12-16,18-19H2,1-2H3,(H,27,31). The SMILES string of the molecule is CCc1ccccc1NC(=O)CN1CCN(C(=O)CN2CCCc3cc(C)ccc32)CC1. The second kappa shape index (κ2) is 10.2. The van der Waals surface area contributed by atoms with Crippen molar-refractivity contribution in [1.29, 1.82) is 0 Å². The predicted molar refractivity (Wildman–Crippen MR) is 129 cm³/mol. The average Bonchev–Trinajstić information content (AvgIpc) is 2.79. The normalized spacial score (nSPS) is 16.6. The Morgan fingerprint density at radius 1 is 0.969 bits per heavy atom. The minimum absolute atomic E-state index is 0.00546. The molecule has 6 nitrogen and oxygen atoms in total. The van der Waals surface area contributed by atoms with Crippen LogP contribution in [0.2, 0.25) is 0 Å². The van der Waals surface area contributed by atoms with Gasteiger partial charge in [0.2, 0.25) is 11.8 Å². The maximum absolute atomic E-state index is 13.0. The lowest BCUT2D eigenvalue weighted by atomic mass is 9.99. The number of amides is 2. The molecule has 0 radical (unpaired) electrons. The molecule has 2 amide bonds. The average molecular weight is 435 g/mol. The summed E-state index contributed by atoms with van der Waals surface area (Å²) in [5, 5.41) is 3.04. The van der Waals surface area contributed by atoms with Gasteiger partial charge in [0.25, 0.3) is 0 Å². The molecule has 2 aromatic carbocycles. The molecular formula is C26H34N4O2. The molecule has 4 rings (SSSR count). The maximum atomic E-state index is 13.0. The van der Waals surface area contributed by atoms with E-state index in [0.717, 1.165) is 50.1 Å². The number of hydrogen-bond acceptors (Lipinski definition) is 4. The Kier molecular flexibility index (Phi) is 7.10. The van der Waals surface area contributed by atoms with Crippen molar-refractivity contribution in [2.45, 2.75) is 33.1 Å². The van der Waals surface area contributed by atoms with Crippen LogP contribution in [0, 0.1) is 6.92 Å². The zero-order valence-corrected chi connectivity index (χ0v) is 19.3. The molecule has 1 saturated heterocycles. The second-order valence-corrected chi connectivity index (χ2v) is 8.87. The fourth-order valence-corrected chi connectivity index (χ4v) is 4.73. The van der Waals surface area contributed by atoms with Crippen molar-refractivity contribution in [1.82, 2.24) is 9.80 Å². The highest BCUT2D eigenvalue weighted by Crippen LogP contribution is 2.28. The first-order valence-corrected chi connectivity index (χ1v) is 11.8. The van der Waals surface area contributed by atoms with Gasteiger partial charge in [0.1, 0.15) is 0 Å². The molecule has 0 aromatic heterocycles. The molecule has 0 aliphatic carbocycles. The Morgan fingerprint density at radius 3 is 2.53 bits per heavy atom. The fraction of sp³-hybridized carbons (Fsp3) is 0.462. The highest BCUT2D eigenvalue weighted by molar-refractivity contribution is 5.93. The Bertz CT molecular complexity index is 966. The summed E-state index contributed by atoms with van der Waals surface area (Å²) in [6, 6.07) is 14.5. The zero-order valence-electron chi connectivity index (χ0n) is 19.3. The lowest BCUT2D eigenvalue weighted by Gasteiger charge is -2.37. The van der Waals surface area contributed by atoms with Gasteiger partial charge >= 0.3 is 0 Å². The third kappa shape index (κ3) is 5.30. The predicted octanol–water partition coefficient (Wildman–Crippen LogP) is 3.09. The molecule has 1 N–H and O–H groups in total. The number of nitrogens with one attached hydrogen (secondary N) is 1. The summed E-state index contributed by atoms with van der Waals surface area (Å²) in [6.45, 7) is 8.73. The molecule has 6 heteroatoms. The van der Waals surface area contributed by atoms with Gasteiger partial charge in [-0.25, -0.2) is 0 Å². The molecule has 0 spiro atoms. The van der Waals surface area contributed by atoms with Gasteiger partial charge in [-0.2, -0.15) is 0 Å². The first-order chi connectivity index (χ1) is 15.5. The van der Waals surface area contributed by atoms with Gasteiger partial charge in [0.05, 0.1) is 13.1 Å². The third-order valence-electron chi connectivity index (χ3n) is 6.54. The van der Waals surface area contributed by atoms with E-state index in [1.165, 1.54) is 16.8 Å². The molecule has 2 heterocycles. The van der Waals surface area contributed by atoms with Gasteiger partial charge < -0.3 is 15.1 Å². The molecule has 2 aromatic rings. The summed E-state index contributed by atoms with van der Waals surface area (Å²) in [6.07, 6.45) is 3.07. The first-order valence-electron chi connectivity index (χ1n) is 11.8. The van der Waals surface area contributed by atoms with Crippen molar-refractivity contribution in [2.24, 2.45) is 0 Å². The van der Waals surface area contributed by atoms with Crippen LogP contribution in [0.15, 0.2) is 42.5 Å². The number of carbonyl (C=O) groups excluding carboxylic acids is 2. The highest BCUT2D eigenvalue weighted by atomic mass is 16.2. The van der Waals surface area contributed by atoms with E-state index in [1.54, 1.807) is 0 Å². The number of benzene rings is 2. The van der Waals surface area contributed by atoms with Crippen LogP contribution in [0.1, 0.15) is 30.0 Å². The van der Waals surface area contributed by atoms with Crippen LogP contribution >= 0.6 is 0 Å². The Morgan fingerprint density at radius 2 is 1.75 bits per heavy atom. The van der Waals surface area contributed by atoms with Crippen LogP contribution in [0.25, 0.3) is 0 Å². The topological polar surface area (TPSA) is 55.9 Å². The third-order valence-corrected chi connectivity index (χ3v) is 6.54. The van der Waals surface area contributed by atoms with Crippen LogP contribution < -0.4 is 10.2 Å². The second-order valence-electron chi connectivity index (χ2n) is 8.87. The molecule has 2 aliphatic heterocycles. The Balaban J connectivity index is 1.26. The summed E-state index contributed by atoms with van der Waals surface area (Å²) in [4.78, 5) is 31.8. The van der Waals surface area contributed by atoms with Gasteiger partial charge in [0.15, 0.2) is 0 Å². The number of aryl methyl sites for hydroxylation is 3. The number of rotatable bonds is 6. The molecule has 170 valence electrons. The van der Waals surface area contributed by atoms with E-state index in [2.05, 4.69) is 47.2 Å². The summed E-state index contributed by atoms with van der Waals surface area (Å²) < 4.78 is 0. The summed E-state index contributed by atoms with van der Waals surface area (Å²) in [5.74, 6) is 0.185. The number of hydrogen-bond donors (Lipinski definition) is 1. The van der Waals surface area contributed by atoms with Crippen molar-refractivity contribution in [3.05, 3.63) is 59.2 Å². The fourth-order valence-electron chi connectivity index (χ4n) is 4.73. The summed E-state index contributed by atoms with van der Waals surface area (Å²) in [5.41, 5.74) is 5.87. The lowest BCUT2D eigenvalue weighted by Crippen LogP contribution is -2.52. The molecule has 0 unspecified atom stereocenters. The van der Waals surface area contributed by atoms with Crippen molar-refractivity contribution in [3.63, 3.8) is 0 Å². The molecule has 2 aliphatic rings. The van der Waals surface area contributed by atoms with Crippen LogP contribution in [-0.4, -0.2) is 67.4 Å². The van der Waals surface area contributed by atoms with E-state index in [0.29, 0.717) is 26.2 Å². The largest absolute Gasteiger partial charge is 0.362 e. The van der Waals surface area contributed by atoms with E-state index in [4.69, 9.17) is 0 Å². The maximum Gasteiger partial charge on any atom is 0.242 e. The minimum Gasteiger partial charge on any atom is -0.362 e. The van der Waals surface area contributed by atoms with E-state index in [1.807, 2.05) is 29.2 Å². The minimum atomic E-state index is 0.00546. The first kappa shape index (κ1) is 22.3.